The Balaban J connectivity index is 5.19. The lowest BCUT2D eigenvalue weighted by molar-refractivity contribution is -0.161. The third-order valence-corrected chi connectivity index (χ3v) is 20.7. The van der Waals surface area contributed by atoms with Gasteiger partial charge in [0.25, 0.3) is 0 Å². The van der Waals surface area contributed by atoms with Crippen LogP contribution in [0.1, 0.15) is 407 Å². The molecule has 0 aliphatic rings. The molecule has 0 aliphatic carbocycles. The van der Waals surface area contributed by atoms with Crippen LogP contribution < -0.4 is 0 Å². The first-order chi connectivity index (χ1) is 48.6. The number of hydrogen-bond donors (Lipinski definition) is 3. The van der Waals surface area contributed by atoms with Crippen LogP contribution in [-0.4, -0.2) is 96.7 Å². The summed E-state index contributed by atoms with van der Waals surface area (Å²) in [5.74, 6) is -1.27. The van der Waals surface area contributed by atoms with Crippen molar-refractivity contribution in [2.24, 2.45) is 5.92 Å². The zero-order valence-corrected chi connectivity index (χ0v) is 66.6. The first-order valence-corrected chi connectivity index (χ1v) is 44.5. The Hall–Kier alpha value is -2.46. The fourth-order valence-electron chi connectivity index (χ4n) is 12.0. The van der Waals surface area contributed by atoms with E-state index in [2.05, 4.69) is 58.9 Å². The van der Waals surface area contributed by atoms with Crippen LogP contribution in [0, 0.1) is 5.92 Å². The minimum absolute atomic E-state index is 0.0850. The van der Waals surface area contributed by atoms with E-state index in [1.807, 2.05) is 0 Å². The van der Waals surface area contributed by atoms with Crippen molar-refractivity contribution in [2.45, 2.75) is 425 Å². The molecule has 0 aromatic rings. The van der Waals surface area contributed by atoms with Crippen LogP contribution in [-0.2, 0) is 65.4 Å². The molecule has 0 bridgehead atoms. The molecule has 17 nitrogen and oxygen atoms in total. The smallest absolute Gasteiger partial charge is 0.462 e. The maximum Gasteiger partial charge on any atom is 0.472 e. The van der Waals surface area contributed by atoms with Crippen molar-refractivity contribution in [3.63, 3.8) is 0 Å². The second-order valence-corrected chi connectivity index (χ2v) is 31.6. The highest BCUT2D eigenvalue weighted by atomic mass is 31.2. The van der Waals surface area contributed by atoms with Crippen molar-refractivity contribution >= 4 is 39.5 Å². The van der Waals surface area contributed by atoms with Gasteiger partial charge in [0.2, 0.25) is 0 Å². The summed E-state index contributed by atoms with van der Waals surface area (Å²) in [6.45, 7) is 7.28. The van der Waals surface area contributed by atoms with Crippen LogP contribution >= 0.6 is 15.6 Å². The van der Waals surface area contributed by atoms with Crippen LogP contribution in [0.25, 0.3) is 0 Å². The minimum atomic E-state index is -4.96. The summed E-state index contributed by atoms with van der Waals surface area (Å²) in [5, 5.41) is 10.6. The lowest BCUT2D eigenvalue weighted by atomic mass is 9.99. The first kappa shape index (κ1) is 97.5. The molecule has 19 heteroatoms. The molecule has 0 heterocycles. The SMILES string of the molecule is CCCCCC/C=C\C=C/CCCCCCCC(=O)O[C@H](COC(=O)CCCCCCCCC)COP(=O)(O)OC[C@H](O)COP(=O)(O)OC[C@@H](COC(=O)CCCCCCCCCCCCCCCCCC)OC(=O)CCCCCCCCCCCCCCCCCCCCC(C)CC. The standard InChI is InChI=1S/C81H154O17P2/c1-6-10-13-16-19-21-23-25-27-34-37-41-45-50-55-60-65-79(84)92-71-77(98-81(86)67-62-57-52-47-43-39-35-31-29-28-30-33-36-40-44-49-53-58-63-74(5)9-4)73-96-100(89,90)94-69-75(82)68-93-99(87,88)95-72-76(70-91-78(83)64-59-54-48-18-15-12-8-3)97-80(85)66-61-56-51-46-42-38-32-26-24-22-20-17-14-11-7-2/h22,24,26,32,74-77,82H,6-21,23,25,27-31,33-73H2,1-5H3,(H,87,88)(H,89,90)/b24-22-,32-26-/t74?,75-,76+,77+/m0/s1. The van der Waals surface area contributed by atoms with Gasteiger partial charge in [0.1, 0.15) is 19.3 Å². The highest BCUT2D eigenvalue weighted by Gasteiger charge is 2.30. The van der Waals surface area contributed by atoms with Crippen molar-refractivity contribution in [1.29, 1.82) is 0 Å². The molecule has 100 heavy (non-hydrogen) atoms. The van der Waals surface area contributed by atoms with Crippen molar-refractivity contribution in [1.82, 2.24) is 0 Å². The van der Waals surface area contributed by atoms with Gasteiger partial charge in [-0.3, -0.25) is 37.3 Å². The van der Waals surface area contributed by atoms with E-state index in [4.69, 9.17) is 37.0 Å². The summed E-state index contributed by atoms with van der Waals surface area (Å²) < 4.78 is 68.5. The molecule has 590 valence electrons. The van der Waals surface area contributed by atoms with Gasteiger partial charge in [-0.15, -0.1) is 0 Å². The number of phosphoric acid groups is 2. The lowest BCUT2D eigenvalue weighted by Gasteiger charge is -2.21. The number of aliphatic hydroxyl groups excluding tert-OH is 1. The molecule has 0 saturated heterocycles. The van der Waals surface area contributed by atoms with E-state index in [0.29, 0.717) is 25.7 Å². The highest BCUT2D eigenvalue weighted by Crippen LogP contribution is 2.45. The van der Waals surface area contributed by atoms with Gasteiger partial charge >= 0.3 is 39.5 Å². The molecule has 0 aliphatic heterocycles. The Kier molecular flexibility index (Phi) is 71.6. The average Bonchev–Trinajstić information content (AvgIpc) is 0.918. The second kappa shape index (κ2) is 73.4. The number of phosphoric ester groups is 2. The topological polar surface area (TPSA) is 237 Å². The third-order valence-electron chi connectivity index (χ3n) is 18.8. The molecule has 0 amide bonds. The fourth-order valence-corrected chi connectivity index (χ4v) is 13.6. The van der Waals surface area contributed by atoms with Gasteiger partial charge < -0.3 is 33.8 Å². The summed E-state index contributed by atoms with van der Waals surface area (Å²) in [6.07, 6.45) is 67.6. The van der Waals surface area contributed by atoms with Crippen molar-refractivity contribution in [3.05, 3.63) is 24.3 Å². The van der Waals surface area contributed by atoms with Crippen LogP contribution in [0.2, 0.25) is 0 Å². The second-order valence-electron chi connectivity index (χ2n) is 28.7. The van der Waals surface area contributed by atoms with Gasteiger partial charge in [-0.2, -0.15) is 0 Å². The van der Waals surface area contributed by atoms with E-state index in [1.54, 1.807) is 0 Å². The first-order valence-electron chi connectivity index (χ1n) is 41.5. The van der Waals surface area contributed by atoms with E-state index in [9.17, 15) is 43.2 Å². The quantitative estimate of drug-likeness (QED) is 0.0169. The van der Waals surface area contributed by atoms with E-state index in [-0.39, 0.29) is 25.7 Å². The summed E-state index contributed by atoms with van der Waals surface area (Å²) in [5.41, 5.74) is 0. The van der Waals surface area contributed by atoms with Crippen LogP contribution in [0.15, 0.2) is 24.3 Å². The Morgan fingerprint density at radius 1 is 0.320 bits per heavy atom. The van der Waals surface area contributed by atoms with Crippen LogP contribution in [0.4, 0.5) is 0 Å². The summed E-state index contributed by atoms with van der Waals surface area (Å²) >= 11 is 0. The molecule has 3 unspecified atom stereocenters. The number of rotatable bonds is 79. The molecule has 0 aromatic carbocycles. The maximum absolute atomic E-state index is 13.1. The Morgan fingerprint density at radius 3 is 0.850 bits per heavy atom. The summed E-state index contributed by atoms with van der Waals surface area (Å²) in [7, 11) is -9.92. The molecule has 0 spiro atoms. The predicted octanol–water partition coefficient (Wildman–Crippen LogP) is 24.0. The highest BCUT2D eigenvalue weighted by molar-refractivity contribution is 7.47. The van der Waals surface area contributed by atoms with Gasteiger partial charge in [-0.05, 0) is 57.3 Å². The molecule has 3 N–H and O–H groups in total. The molecule has 0 aromatic heterocycles. The third kappa shape index (κ3) is 72.5. The molecular weight excluding hydrogens is 1310 g/mol. The van der Waals surface area contributed by atoms with Crippen molar-refractivity contribution in [2.75, 3.05) is 39.6 Å². The van der Waals surface area contributed by atoms with E-state index >= 15 is 0 Å². The van der Waals surface area contributed by atoms with Crippen LogP contribution in [0.5, 0.6) is 0 Å². The summed E-state index contributed by atoms with van der Waals surface area (Å²) in [6, 6.07) is 0. The van der Waals surface area contributed by atoms with Gasteiger partial charge in [0.15, 0.2) is 12.2 Å². The molecular formula is C81H154O17P2. The molecule has 0 fully saturated rings. The number of carbonyl (C=O) groups is 4. The largest absolute Gasteiger partial charge is 0.472 e. The zero-order valence-electron chi connectivity index (χ0n) is 64.8. The number of hydrogen-bond acceptors (Lipinski definition) is 15. The molecule has 0 rings (SSSR count). The van der Waals surface area contributed by atoms with Gasteiger partial charge in [-0.25, -0.2) is 9.13 Å². The zero-order chi connectivity index (χ0) is 73.4. The Morgan fingerprint density at radius 2 is 0.560 bits per heavy atom. The number of unbranched alkanes of at least 4 members (excludes halogenated alkanes) is 47. The fraction of sp³-hybridized carbons (Fsp3) is 0.901. The van der Waals surface area contributed by atoms with E-state index in [0.717, 1.165) is 121 Å². The summed E-state index contributed by atoms with van der Waals surface area (Å²) in [4.78, 5) is 72.8. The monoisotopic (exact) mass is 1460 g/mol. The molecule has 0 saturated carbocycles. The number of esters is 4. The molecule has 0 radical (unpaired) electrons. The lowest BCUT2D eigenvalue weighted by Crippen LogP contribution is -2.30. The minimum Gasteiger partial charge on any atom is -0.462 e. The Labute approximate surface area is 612 Å². The van der Waals surface area contributed by atoms with E-state index in [1.165, 1.54) is 205 Å². The van der Waals surface area contributed by atoms with Gasteiger partial charge in [0, 0.05) is 25.7 Å². The normalized spacial score (nSPS) is 14.3. The van der Waals surface area contributed by atoms with Gasteiger partial charge in [-0.1, -0.05) is 354 Å². The maximum atomic E-state index is 13.1. The van der Waals surface area contributed by atoms with Gasteiger partial charge in [0.05, 0.1) is 26.4 Å². The average molecular weight is 1460 g/mol. The number of carbonyl (C=O) groups excluding carboxylic acids is 4. The number of ether oxygens (including phenoxy) is 4. The van der Waals surface area contributed by atoms with Crippen LogP contribution in [0.3, 0.4) is 0 Å². The van der Waals surface area contributed by atoms with Crippen molar-refractivity contribution in [3.8, 4) is 0 Å². The van der Waals surface area contributed by atoms with Crippen molar-refractivity contribution < 1.29 is 80.2 Å². The predicted molar refractivity (Wildman–Crippen MR) is 409 cm³/mol. The number of allylic oxidation sites excluding steroid dienone is 4. The molecule has 6 atom stereocenters. The number of aliphatic hydroxyl groups is 1. The Bertz CT molecular complexity index is 2010. The van der Waals surface area contributed by atoms with E-state index < -0.39 is 97.5 Å².